The minimum Gasteiger partial charge on any atom is -0.489 e. The van der Waals surface area contributed by atoms with E-state index in [4.69, 9.17) is 9.26 Å². The SMILES string of the molecule is C=CCOc1ccccc1CNC(=NC)NCCCc1c(C)noc1C.I. The molecule has 7 heteroatoms. The molecule has 1 aromatic carbocycles. The lowest BCUT2D eigenvalue weighted by atomic mass is 10.1. The summed E-state index contributed by atoms with van der Waals surface area (Å²) in [5, 5.41) is 10.6. The maximum atomic E-state index is 5.68. The van der Waals surface area contributed by atoms with Crippen LogP contribution in [0.5, 0.6) is 5.75 Å². The summed E-state index contributed by atoms with van der Waals surface area (Å²) < 4.78 is 10.9. The molecular formula is C20H29IN4O2. The van der Waals surface area contributed by atoms with E-state index in [0.717, 1.165) is 48.1 Å². The molecule has 0 aliphatic heterocycles. The van der Waals surface area contributed by atoms with E-state index < -0.39 is 0 Å². The molecule has 0 atom stereocenters. The number of hydrogen-bond acceptors (Lipinski definition) is 4. The number of aromatic nitrogens is 1. The lowest BCUT2D eigenvalue weighted by Gasteiger charge is -2.14. The summed E-state index contributed by atoms with van der Waals surface area (Å²) in [5.41, 5.74) is 3.25. The van der Waals surface area contributed by atoms with Crippen LogP contribution >= 0.6 is 24.0 Å². The summed E-state index contributed by atoms with van der Waals surface area (Å²) in [5.74, 6) is 2.53. The first-order chi connectivity index (χ1) is 12.7. The molecule has 2 N–H and O–H groups in total. The Bertz CT molecular complexity index is 724. The molecule has 0 bridgehead atoms. The Hall–Kier alpha value is -2.03. The van der Waals surface area contributed by atoms with Gasteiger partial charge in [0.1, 0.15) is 18.1 Å². The van der Waals surface area contributed by atoms with Gasteiger partial charge in [-0.25, -0.2) is 0 Å². The van der Waals surface area contributed by atoms with Crippen molar-refractivity contribution >= 4 is 29.9 Å². The van der Waals surface area contributed by atoms with Crippen molar-refractivity contribution in [1.29, 1.82) is 0 Å². The number of rotatable bonds is 9. The van der Waals surface area contributed by atoms with Crippen LogP contribution < -0.4 is 15.4 Å². The van der Waals surface area contributed by atoms with E-state index >= 15 is 0 Å². The number of nitrogens with zero attached hydrogens (tertiary/aromatic N) is 2. The normalized spacial score (nSPS) is 10.9. The van der Waals surface area contributed by atoms with Crippen molar-refractivity contribution in [3.8, 4) is 5.75 Å². The molecule has 1 aromatic heterocycles. The van der Waals surface area contributed by atoms with Crippen molar-refractivity contribution in [2.24, 2.45) is 4.99 Å². The Balaban J connectivity index is 0.00000364. The van der Waals surface area contributed by atoms with Gasteiger partial charge in [0.05, 0.1) is 5.69 Å². The molecule has 148 valence electrons. The molecule has 2 aromatic rings. The van der Waals surface area contributed by atoms with Crippen LogP contribution in [0.1, 0.15) is 29.0 Å². The molecule has 6 nitrogen and oxygen atoms in total. The molecule has 0 saturated heterocycles. The Labute approximate surface area is 178 Å². The maximum Gasteiger partial charge on any atom is 0.191 e. The van der Waals surface area contributed by atoms with Crippen LogP contribution in [0.4, 0.5) is 0 Å². The van der Waals surface area contributed by atoms with Crippen molar-refractivity contribution in [1.82, 2.24) is 15.8 Å². The van der Waals surface area contributed by atoms with Crippen LogP contribution in [-0.2, 0) is 13.0 Å². The Morgan fingerprint density at radius 2 is 2.07 bits per heavy atom. The number of nitrogens with one attached hydrogen (secondary N) is 2. The van der Waals surface area contributed by atoms with E-state index in [1.165, 1.54) is 5.56 Å². The molecule has 2 rings (SSSR count). The molecule has 0 fully saturated rings. The summed E-state index contributed by atoms with van der Waals surface area (Å²) >= 11 is 0. The van der Waals surface area contributed by atoms with Crippen LogP contribution in [0.2, 0.25) is 0 Å². The summed E-state index contributed by atoms with van der Waals surface area (Å²) in [7, 11) is 1.77. The molecule has 0 unspecified atom stereocenters. The van der Waals surface area contributed by atoms with Crippen molar-refractivity contribution in [3.63, 3.8) is 0 Å². The smallest absolute Gasteiger partial charge is 0.191 e. The minimum atomic E-state index is 0. The second-order valence-electron chi connectivity index (χ2n) is 5.97. The van der Waals surface area contributed by atoms with Gasteiger partial charge in [0, 0.05) is 31.3 Å². The molecule has 27 heavy (non-hydrogen) atoms. The number of ether oxygens (including phenoxy) is 1. The average molecular weight is 484 g/mol. The third-order valence-corrected chi connectivity index (χ3v) is 4.08. The Morgan fingerprint density at radius 3 is 2.74 bits per heavy atom. The van der Waals surface area contributed by atoms with Gasteiger partial charge in [-0.05, 0) is 32.8 Å². The third kappa shape index (κ3) is 7.24. The van der Waals surface area contributed by atoms with E-state index in [9.17, 15) is 0 Å². The number of guanidine groups is 1. The largest absolute Gasteiger partial charge is 0.489 e. The zero-order valence-corrected chi connectivity index (χ0v) is 18.6. The average Bonchev–Trinajstić information content (AvgIpc) is 2.98. The number of para-hydroxylation sites is 1. The summed E-state index contributed by atoms with van der Waals surface area (Å²) in [6.07, 6.45) is 3.65. The van der Waals surface area contributed by atoms with Crippen molar-refractivity contribution in [3.05, 3.63) is 59.5 Å². The Kier molecular flexibility index (Phi) is 10.5. The zero-order chi connectivity index (χ0) is 18.8. The highest BCUT2D eigenvalue weighted by Crippen LogP contribution is 2.17. The van der Waals surface area contributed by atoms with Crippen LogP contribution in [0.3, 0.4) is 0 Å². The van der Waals surface area contributed by atoms with Gasteiger partial charge < -0.3 is 19.9 Å². The summed E-state index contributed by atoms with van der Waals surface area (Å²) in [6, 6.07) is 7.96. The fourth-order valence-electron chi connectivity index (χ4n) is 2.67. The standard InChI is InChI=1S/C20H28N4O2.HI/c1-5-13-25-19-11-7-6-9-17(19)14-23-20(21-4)22-12-8-10-18-15(2)24-26-16(18)3;/h5-7,9,11H,1,8,10,12-14H2,2-4H3,(H2,21,22,23);1H. The maximum absolute atomic E-state index is 5.68. The van der Waals surface area contributed by atoms with Crippen molar-refractivity contribution < 1.29 is 9.26 Å². The van der Waals surface area contributed by atoms with Crippen LogP contribution in [-0.4, -0.2) is 31.3 Å². The predicted octanol–water partition coefficient (Wildman–Crippen LogP) is 3.77. The molecule has 0 radical (unpaired) electrons. The minimum absolute atomic E-state index is 0. The lowest BCUT2D eigenvalue weighted by Crippen LogP contribution is -2.37. The topological polar surface area (TPSA) is 71.7 Å². The van der Waals surface area contributed by atoms with Gasteiger partial charge in [0.15, 0.2) is 5.96 Å². The van der Waals surface area contributed by atoms with Gasteiger partial charge in [-0.2, -0.15) is 0 Å². The van der Waals surface area contributed by atoms with E-state index in [1.54, 1.807) is 13.1 Å². The highest BCUT2D eigenvalue weighted by atomic mass is 127. The molecule has 1 heterocycles. The first kappa shape index (κ1) is 23.0. The number of hydrogen-bond donors (Lipinski definition) is 2. The Morgan fingerprint density at radius 1 is 1.30 bits per heavy atom. The number of aliphatic imine (C=N–C) groups is 1. The highest BCUT2D eigenvalue weighted by Gasteiger charge is 2.08. The molecule has 0 saturated carbocycles. The zero-order valence-electron chi connectivity index (χ0n) is 16.2. The van der Waals surface area contributed by atoms with Crippen LogP contribution in [0.25, 0.3) is 0 Å². The van der Waals surface area contributed by atoms with E-state index in [2.05, 4.69) is 27.4 Å². The third-order valence-electron chi connectivity index (χ3n) is 4.08. The van der Waals surface area contributed by atoms with E-state index in [0.29, 0.717) is 13.2 Å². The number of halogens is 1. The van der Waals surface area contributed by atoms with E-state index in [-0.39, 0.29) is 24.0 Å². The summed E-state index contributed by atoms with van der Waals surface area (Å²) in [6.45, 7) is 9.56. The number of benzene rings is 1. The molecule has 0 spiro atoms. The van der Waals surface area contributed by atoms with E-state index in [1.807, 2.05) is 38.1 Å². The summed E-state index contributed by atoms with van der Waals surface area (Å²) in [4.78, 5) is 4.27. The molecular weight excluding hydrogens is 455 g/mol. The fourth-order valence-corrected chi connectivity index (χ4v) is 2.67. The van der Waals surface area contributed by atoms with Crippen LogP contribution in [0.15, 0.2) is 46.4 Å². The second-order valence-corrected chi connectivity index (χ2v) is 5.97. The van der Waals surface area contributed by atoms with Crippen LogP contribution in [0, 0.1) is 13.8 Å². The van der Waals surface area contributed by atoms with Gasteiger partial charge >= 0.3 is 0 Å². The van der Waals surface area contributed by atoms with Gasteiger partial charge in [-0.15, -0.1) is 24.0 Å². The first-order valence-electron chi connectivity index (χ1n) is 8.83. The predicted molar refractivity (Wildman–Crippen MR) is 120 cm³/mol. The van der Waals surface area contributed by atoms with Gasteiger partial charge in [-0.1, -0.05) is 36.0 Å². The molecule has 0 aliphatic rings. The lowest BCUT2D eigenvalue weighted by molar-refractivity contribution is 0.358. The fraction of sp³-hybridized carbons (Fsp3) is 0.400. The highest BCUT2D eigenvalue weighted by molar-refractivity contribution is 14.0. The quantitative estimate of drug-likeness (QED) is 0.187. The first-order valence-corrected chi connectivity index (χ1v) is 8.83. The van der Waals surface area contributed by atoms with Crippen molar-refractivity contribution in [2.75, 3.05) is 20.2 Å². The monoisotopic (exact) mass is 484 g/mol. The molecule has 0 amide bonds. The molecule has 0 aliphatic carbocycles. The van der Waals surface area contributed by atoms with Gasteiger partial charge in [0.2, 0.25) is 0 Å². The van der Waals surface area contributed by atoms with Crippen molar-refractivity contribution in [2.45, 2.75) is 33.2 Å². The van der Waals surface area contributed by atoms with Gasteiger partial charge in [-0.3, -0.25) is 4.99 Å². The number of aryl methyl sites for hydroxylation is 2. The van der Waals surface area contributed by atoms with Gasteiger partial charge in [0.25, 0.3) is 0 Å². The second kappa shape index (κ2) is 12.4.